The van der Waals surface area contributed by atoms with Gasteiger partial charge in [0.2, 0.25) is 0 Å². The van der Waals surface area contributed by atoms with Crippen LogP contribution in [-0.4, -0.2) is 31.7 Å². The molecule has 0 bridgehead atoms. The molecule has 0 atom stereocenters. The lowest BCUT2D eigenvalue weighted by Gasteiger charge is -2.28. The fraction of sp³-hybridized carbons (Fsp3) is 0.583. The van der Waals surface area contributed by atoms with Crippen molar-refractivity contribution >= 4 is 17.4 Å². The predicted octanol–water partition coefficient (Wildman–Crippen LogP) is 2.31. The second-order valence-corrected chi connectivity index (χ2v) is 4.97. The summed E-state index contributed by atoms with van der Waals surface area (Å²) in [4.78, 5) is 5.92. The Balaban J connectivity index is 2.00. The summed E-state index contributed by atoms with van der Waals surface area (Å²) in [5, 5.41) is 3.66. The van der Waals surface area contributed by atoms with Crippen molar-refractivity contribution in [2.75, 3.05) is 31.6 Å². The van der Waals surface area contributed by atoms with E-state index in [2.05, 4.69) is 10.3 Å². The van der Waals surface area contributed by atoms with Gasteiger partial charge in [-0.25, -0.2) is 9.37 Å². The van der Waals surface area contributed by atoms with Crippen LogP contribution in [-0.2, 0) is 0 Å². The summed E-state index contributed by atoms with van der Waals surface area (Å²) >= 11 is 5.68. The van der Waals surface area contributed by atoms with Gasteiger partial charge in [0.1, 0.15) is 0 Å². The average molecular weight is 258 g/mol. The molecule has 0 aromatic carbocycles. The van der Waals surface area contributed by atoms with Crippen molar-refractivity contribution in [3.8, 4) is 0 Å². The van der Waals surface area contributed by atoms with E-state index in [0.29, 0.717) is 16.8 Å². The molecule has 94 valence electrons. The molecule has 0 saturated carbocycles. The Labute approximate surface area is 106 Å². The molecule has 17 heavy (non-hydrogen) atoms. The second kappa shape index (κ2) is 5.65. The molecule has 1 aromatic heterocycles. The number of pyridine rings is 1. The van der Waals surface area contributed by atoms with E-state index in [1.54, 1.807) is 0 Å². The number of aromatic nitrogens is 1. The summed E-state index contributed by atoms with van der Waals surface area (Å²) in [7, 11) is 1.88. The van der Waals surface area contributed by atoms with Gasteiger partial charge in [0.05, 0.1) is 5.02 Å². The van der Waals surface area contributed by atoms with Gasteiger partial charge in [-0.3, -0.25) is 0 Å². The number of hydrogen-bond acceptors (Lipinski definition) is 3. The summed E-state index contributed by atoms with van der Waals surface area (Å²) in [6.07, 6.45) is 3.76. The number of halogens is 2. The highest BCUT2D eigenvalue weighted by molar-refractivity contribution is 6.30. The second-order valence-electron chi connectivity index (χ2n) is 4.53. The Morgan fingerprint density at radius 3 is 2.88 bits per heavy atom. The monoisotopic (exact) mass is 257 g/mol. The van der Waals surface area contributed by atoms with Crippen molar-refractivity contribution < 1.29 is 4.39 Å². The van der Waals surface area contributed by atoms with Crippen LogP contribution in [0.25, 0.3) is 0 Å². The van der Waals surface area contributed by atoms with Crippen LogP contribution in [0, 0.1) is 11.7 Å². The van der Waals surface area contributed by atoms with E-state index in [4.69, 9.17) is 11.6 Å². The molecule has 1 aromatic rings. The third-order valence-electron chi connectivity index (χ3n) is 3.14. The highest BCUT2D eigenvalue weighted by Crippen LogP contribution is 2.21. The zero-order valence-corrected chi connectivity index (χ0v) is 10.7. The smallest absolute Gasteiger partial charge is 0.167 e. The molecule has 0 aliphatic carbocycles. The Morgan fingerprint density at radius 1 is 1.53 bits per heavy atom. The van der Waals surface area contributed by atoms with Crippen LogP contribution >= 0.6 is 11.6 Å². The predicted molar refractivity (Wildman–Crippen MR) is 68.1 cm³/mol. The van der Waals surface area contributed by atoms with Gasteiger partial charge >= 0.3 is 0 Å². The lowest BCUT2D eigenvalue weighted by Crippen LogP contribution is -2.35. The molecule has 3 nitrogen and oxygen atoms in total. The first-order valence-electron chi connectivity index (χ1n) is 5.89. The fourth-order valence-electron chi connectivity index (χ4n) is 2.23. The molecule has 5 heteroatoms. The summed E-state index contributed by atoms with van der Waals surface area (Å²) in [5.41, 5.74) is 0. The largest absolute Gasteiger partial charge is 0.357 e. The van der Waals surface area contributed by atoms with Crippen LogP contribution in [0.5, 0.6) is 0 Å². The molecule has 1 aliphatic heterocycles. The number of nitrogens with zero attached hydrogens (tertiary/aromatic N) is 2. The first kappa shape index (κ1) is 12.6. The van der Waals surface area contributed by atoms with Crippen LogP contribution < -0.4 is 10.2 Å². The Bertz CT molecular complexity index is 380. The quantitative estimate of drug-likeness (QED) is 0.901. The van der Waals surface area contributed by atoms with Gasteiger partial charge in [-0.15, -0.1) is 0 Å². The van der Waals surface area contributed by atoms with Crippen LogP contribution in [0.1, 0.15) is 12.8 Å². The van der Waals surface area contributed by atoms with Crippen molar-refractivity contribution in [3.05, 3.63) is 23.1 Å². The molecule has 0 radical (unpaired) electrons. The van der Waals surface area contributed by atoms with E-state index in [-0.39, 0.29) is 5.82 Å². The van der Waals surface area contributed by atoms with Gasteiger partial charge in [0.25, 0.3) is 0 Å². The molecular formula is C12H17ClFN3. The highest BCUT2D eigenvalue weighted by atomic mass is 35.5. The summed E-state index contributed by atoms with van der Waals surface area (Å²) in [6, 6.07) is 1.31. The van der Waals surface area contributed by atoms with E-state index in [1.165, 1.54) is 12.3 Å². The van der Waals surface area contributed by atoms with E-state index >= 15 is 0 Å². The molecule has 2 heterocycles. The molecule has 0 amide bonds. The first-order chi connectivity index (χ1) is 8.16. The van der Waals surface area contributed by atoms with E-state index in [9.17, 15) is 4.39 Å². The van der Waals surface area contributed by atoms with Crippen LogP contribution in [0.2, 0.25) is 5.02 Å². The SMILES string of the molecule is CN(CC1CCNCC1)c1ncc(Cl)cc1F. The maximum Gasteiger partial charge on any atom is 0.167 e. The van der Waals surface area contributed by atoms with Gasteiger partial charge in [0.15, 0.2) is 11.6 Å². The fourth-order valence-corrected chi connectivity index (χ4v) is 2.37. The Morgan fingerprint density at radius 2 is 2.24 bits per heavy atom. The molecule has 1 saturated heterocycles. The third-order valence-corrected chi connectivity index (χ3v) is 3.35. The van der Waals surface area contributed by atoms with E-state index in [0.717, 1.165) is 32.5 Å². The molecule has 0 unspecified atom stereocenters. The number of rotatable bonds is 3. The lowest BCUT2D eigenvalue weighted by atomic mass is 9.98. The standard InChI is InChI=1S/C12H17ClFN3/c1-17(8-9-2-4-15-5-3-9)12-11(14)6-10(13)7-16-12/h6-7,9,15H,2-5,8H2,1H3. The molecule has 1 aliphatic rings. The van der Waals surface area contributed by atoms with Crippen LogP contribution in [0.15, 0.2) is 12.3 Å². The molecular weight excluding hydrogens is 241 g/mol. The summed E-state index contributed by atoms with van der Waals surface area (Å²) < 4.78 is 13.7. The van der Waals surface area contributed by atoms with Gasteiger partial charge in [0, 0.05) is 19.8 Å². The van der Waals surface area contributed by atoms with Crippen LogP contribution in [0.3, 0.4) is 0 Å². The van der Waals surface area contributed by atoms with Crippen LogP contribution in [0.4, 0.5) is 10.2 Å². The third kappa shape index (κ3) is 3.30. The van der Waals surface area contributed by atoms with Crippen molar-refractivity contribution in [3.63, 3.8) is 0 Å². The normalized spacial score (nSPS) is 17.1. The summed E-state index contributed by atoms with van der Waals surface area (Å²) in [5.74, 6) is 0.639. The van der Waals surface area contributed by atoms with Crippen molar-refractivity contribution in [2.24, 2.45) is 5.92 Å². The van der Waals surface area contributed by atoms with Crippen molar-refractivity contribution in [2.45, 2.75) is 12.8 Å². The lowest BCUT2D eigenvalue weighted by molar-refractivity contribution is 0.376. The van der Waals surface area contributed by atoms with Gasteiger partial charge in [-0.2, -0.15) is 0 Å². The topological polar surface area (TPSA) is 28.2 Å². The minimum atomic E-state index is -0.353. The molecule has 0 spiro atoms. The van der Waals surface area contributed by atoms with E-state index < -0.39 is 0 Å². The van der Waals surface area contributed by atoms with Crippen molar-refractivity contribution in [1.29, 1.82) is 0 Å². The molecule has 1 fully saturated rings. The maximum atomic E-state index is 13.7. The zero-order chi connectivity index (χ0) is 12.3. The number of piperidine rings is 1. The highest BCUT2D eigenvalue weighted by Gasteiger charge is 2.17. The van der Waals surface area contributed by atoms with Gasteiger partial charge < -0.3 is 10.2 Å². The number of hydrogen-bond donors (Lipinski definition) is 1. The van der Waals surface area contributed by atoms with Gasteiger partial charge in [-0.1, -0.05) is 11.6 Å². The van der Waals surface area contributed by atoms with Gasteiger partial charge in [-0.05, 0) is 37.9 Å². The number of nitrogens with one attached hydrogen (secondary N) is 1. The van der Waals surface area contributed by atoms with E-state index in [1.807, 2.05) is 11.9 Å². The maximum absolute atomic E-state index is 13.7. The minimum absolute atomic E-state index is 0.335. The Hall–Kier alpha value is -0.870. The van der Waals surface area contributed by atoms with Crippen molar-refractivity contribution in [1.82, 2.24) is 10.3 Å². The molecule has 1 N–H and O–H groups in total. The first-order valence-corrected chi connectivity index (χ1v) is 6.27. The zero-order valence-electron chi connectivity index (χ0n) is 9.92. The average Bonchev–Trinajstić information content (AvgIpc) is 2.30. The molecule has 2 rings (SSSR count). The number of anilines is 1. The summed E-state index contributed by atoms with van der Waals surface area (Å²) in [6.45, 7) is 2.94. The Kier molecular flexibility index (Phi) is 4.18. The minimum Gasteiger partial charge on any atom is -0.357 e.